The Kier molecular flexibility index (Phi) is 5.57. The maximum Gasteiger partial charge on any atom is 0.319 e. The molecule has 0 aromatic heterocycles. The number of rotatable bonds is 5. The quantitative estimate of drug-likeness (QED) is 0.779. The summed E-state index contributed by atoms with van der Waals surface area (Å²) in [7, 11) is 0. The van der Waals surface area contributed by atoms with Crippen LogP contribution in [0.5, 0.6) is 0 Å². The van der Waals surface area contributed by atoms with Crippen molar-refractivity contribution in [1.82, 2.24) is 5.32 Å². The number of hydrogen-bond acceptors (Lipinski definition) is 2. The second-order valence-electron chi connectivity index (χ2n) is 4.16. The molecule has 1 rings (SSSR count). The number of carboxylic acids is 1. The Morgan fingerprint density at radius 1 is 1.47 bits per heavy atom. The van der Waals surface area contributed by atoms with Crippen molar-refractivity contribution in [3.05, 3.63) is 29.0 Å². The number of halogens is 2. The standard InChI is InChI=1S/C12H14ClFN2O3/c1-7(4-11(17)18)6-15-12(19)16-10-5-8(13)2-3-9(10)14/h2-3,5,7H,4,6H2,1H3,(H,17,18)(H2,15,16,19). The summed E-state index contributed by atoms with van der Waals surface area (Å²) in [6, 6.07) is 3.19. The molecule has 7 heteroatoms. The summed E-state index contributed by atoms with van der Waals surface area (Å²) in [5.41, 5.74) is -0.0316. The van der Waals surface area contributed by atoms with Crippen LogP contribution in [0.2, 0.25) is 5.02 Å². The molecule has 2 amide bonds. The molecule has 0 aliphatic heterocycles. The Hall–Kier alpha value is -1.82. The van der Waals surface area contributed by atoms with Crippen LogP contribution in [0, 0.1) is 11.7 Å². The second-order valence-corrected chi connectivity index (χ2v) is 4.60. The highest BCUT2D eigenvalue weighted by atomic mass is 35.5. The molecule has 1 atom stereocenters. The minimum atomic E-state index is -0.935. The Morgan fingerprint density at radius 3 is 2.79 bits per heavy atom. The fourth-order valence-electron chi connectivity index (χ4n) is 1.40. The molecular weight excluding hydrogens is 275 g/mol. The fourth-order valence-corrected chi connectivity index (χ4v) is 1.57. The predicted molar refractivity (Wildman–Crippen MR) is 69.8 cm³/mol. The number of amides is 2. The topological polar surface area (TPSA) is 78.4 Å². The van der Waals surface area contributed by atoms with Crippen molar-refractivity contribution in [3.8, 4) is 0 Å². The minimum absolute atomic E-state index is 0.0316. The zero-order chi connectivity index (χ0) is 14.4. The van der Waals surface area contributed by atoms with Gasteiger partial charge in [-0.15, -0.1) is 0 Å². The van der Waals surface area contributed by atoms with Gasteiger partial charge in [0.05, 0.1) is 5.69 Å². The Morgan fingerprint density at radius 2 is 2.16 bits per heavy atom. The number of carboxylic acid groups (broad SMARTS) is 1. The molecule has 5 nitrogen and oxygen atoms in total. The van der Waals surface area contributed by atoms with Crippen LogP contribution in [0.3, 0.4) is 0 Å². The van der Waals surface area contributed by atoms with Gasteiger partial charge in [0.25, 0.3) is 0 Å². The number of carbonyl (C=O) groups is 2. The average molecular weight is 289 g/mol. The zero-order valence-corrected chi connectivity index (χ0v) is 11.0. The van der Waals surface area contributed by atoms with E-state index < -0.39 is 17.8 Å². The lowest BCUT2D eigenvalue weighted by Crippen LogP contribution is -2.33. The molecule has 0 aliphatic carbocycles. The molecule has 0 aliphatic rings. The first-order valence-corrected chi connectivity index (χ1v) is 5.98. The van der Waals surface area contributed by atoms with E-state index in [4.69, 9.17) is 16.7 Å². The first kappa shape index (κ1) is 15.2. The van der Waals surface area contributed by atoms with Gasteiger partial charge in [0, 0.05) is 18.0 Å². The summed E-state index contributed by atoms with van der Waals surface area (Å²) in [6.45, 7) is 1.87. The molecule has 0 saturated carbocycles. The van der Waals surface area contributed by atoms with Gasteiger partial charge in [0.1, 0.15) is 5.82 Å². The van der Waals surface area contributed by atoms with Crippen molar-refractivity contribution in [2.24, 2.45) is 5.92 Å². The van der Waals surface area contributed by atoms with E-state index in [0.717, 1.165) is 6.07 Å². The molecular formula is C12H14ClFN2O3. The highest BCUT2D eigenvalue weighted by Gasteiger charge is 2.11. The molecule has 0 fully saturated rings. The molecule has 0 heterocycles. The monoisotopic (exact) mass is 288 g/mol. The molecule has 1 aromatic carbocycles. The second kappa shape index (κ2) is 6.94. The van der Waals surface area contributed by atoms with E-state index >= 15 is 0 Å². The number of nitrogens with one attached hydrogen (secondary N) is 2. The van der Waals surface area contributed by atoms with E-state index in [1.165, 1.54) is 12.1 Å². The number of urea groups is 1. The lowest BCUT2D eigenvalue weighted by atomic mass is 10.1. The van der Waals surface area contributed by atoms with E-state index in [9.17, 15) is 14.0 Å². The summed E-state index contributed by atoms with van der Waals surface area (Å²) >= 11 is 5.68. The Bertz CT molecular complexity index is 482. The van der Waals surface area contributed by atoms with Gasteiger partial charge in [0.15, 0.2) is 0 Å². The lowest BCUT2D eigenvalue weighted by Gasteiger charge is -2.12. The molecule has 1 unspecified atom stereocenters. The Balaban J connectivity index is 2.47. The van der Waals surface area contributed by atoms with Crippen LogP contribution in [0.1, 0.15) is 13.3 Å². The zero-order valence-electron chi connectivity index (χ0n) is 10.2. The average Bonchev–Trinajstić information content (AvgIpc) is 2.30. The molecule has 1 aromatic rings. The first-order chi connectivity index (χ1) is 8.88. The van der Waals surface area contributed by atoms with Crippen molar-refractivity contribution in [3.63, 3.8) is 0 Å². The number of anilines is 1. The minimum Gasteiger partial charge on any atom is -0.481 e. The van der Waals surface area contributed by atoms with Crippen molar-refractivity contribution in [2.45, 2.75) is 13.3 Å². The van der Waals surface area contributed by atoms with Crippen molar-refractivity contribution in [2.75, 3.05) is 11.9 Å². The van der Waals surface area contributed by atoms with Crippen LogP contribution in [0.25, 0.3) is 0 Å². The van der Waals surface area contributed by atoms with Crippen LogP contribution < -0.4 is 10.6 Å². The maximum atomic E-state index is 13.3. The Labute approximate surface area is 114 Å². The van der Waals surface area contributed by atoms with Gasteiger partial charge in [-0.1, -0.05) is 18.5 Å². The van der Waals surface area contributed by atoms with Gasteiger partial charge >= 0.3 is 12.0 Å². The number of carbonyl (C=O) groups excluding carboxylic acids is 1. The largest absolute Gasteiger partial charge is 0.481 e. The maximum absolute atomic E-state index is 13.3. The highest BCUT2D eigenvalue weighted by molar-refractivity contribution is 6.30. The molecule has 0 spiro atoms. The molecule has 104 valence electrons. The number of aliphatic carboxylic acids is 1. The first-order valence-electron chi connectivity index (χ1n) is 5.60. The smallest absolute Gasteiger partial charge is 0.319 e. The van der Waals surface area contributed by atoms with Crippen LogP contribution in [0.4, 0.5) is 14.9 Å². The van der Waals surface area contributed by atoms with Crippen LogP contribution >= 0.6 is 11.6 Å². The van der Waals surface area contributed by atoms with E-state index in [1.807, 2.05) is 0 Å². The molecule has 0 saturated heterocycles. The summed E-state index contributed by atoms with van der Waals surface area (Å²) < 4.78 is 13.3. The summed E-state index contributed by atoms with van der Waals surface area (Å²) in [5.74, 6) is -1.75. The normalized spacial score (nSPS) is 11.7. The summed E-state index contributed by atoms with van der Waals surface area (Å²) in [6.07, 6.45) is -0.0498. The van der Waals surface area contributed by atoms with Gasteiger partial charge in [-0.3, -0.25) is 4.79 Å². The van der Waals surface area contributed by atoms with Gasteiger partial charge in [-0.2, -0.15) is 0 Å². The molecule has 3 N–H and O–H groups in total. The van der Waals surface area contributed by atoms with Crippen molar-refractivity contribution < 1.29 is 19.1 Å². The van der Waals surface area contributed by atoms with E-state index in [1.54, 1.807) is 6.92 Å². The molecule has 19 heavy (non-hydrogen) atoms. The van der Waals surface area contributed by atoms with Crippen molar-refractivity contribution >= 4 is 29.3 Å². The van der Waals surface area contributed by atoms with Gasteiger partial charge < -0.3 is 15.7 Å². The SMILES string of the molecule is CC(CNC(=O)Nc1cc(Cl)ccc1F)CC(=O)O. The fraction of sp³-hybridized carbons (Fsp3) is 0.333. The van der Waals surface area contributed by atoms with Gasteiger partial charge in [-0.25, -0.2) is 9.18 Å². The summed E-state index contributed by atoms with van der Waals surface area (Å²) in [5, 5.41) is 13.6. The van der Waals surface area contributed by atoms with Gasteiger partial charge in [0.2, 0.25) is 0 Å². The third-order valence-electron chi connectivity index (χ3n) is 2.31. The van der Waals surface area contributed by atoms with Gasteiger partial charge in [-0.05, 0) is 24.1 Å². The third-order valence-corrected chi connectivity index (χ3v) is 2.55. The lowest BCUT2D eigenvalue weighted by molar-refractivity contribution is -0.137. The van der Waals surface area contributed by atoms with E-state index in [-0.39, 0.29) is 24.6 Å². The van der Waals surface area contributed by atoms with Crippen LogP contribution in [0.15, 0.2) is 18.2 Å². The van der Waals surface area contributed by atoms with E-state index in [2.05, 4.69) is 10.6 Å². The van der Waals surface area contributed by atoms with Crippen LogP contribution in [-0.2, 0) is 4.79 Å². The third kappa shape index (κ3) is 5.56. The highest BCUT2D eigenvalue weighted by Crippen LogP contribution is 2.19. The molecule has 0 radical (unpaired) electrons. The molecule has 0 bridgehead atoms. The predicted octanol–water partition coefficient (Wildman–Crippen LogP) is 2.71. The number of benzene rings is 1. The number of hydrogen-bond donors (Lipinski definition) is 3. The van der Waals surface area contributed by atoms with Crippen LogP contribution in [-0.4, -0.2) is 23.7 Å². The van der Waals surface area contributed by atoms with Crippen molar-refractivity contribution in [1.29, 1.82) is 0 Å². The van der Waals surface area contributed by atoms with E-state index in [0.29, 0.717) is 5.02 Å². The summed E-state index contributed by atoms with van der Waals surface area (Å²) in [4.78, 5) is 21.9.